The number of aromatic nitrogens is 2. The van der Waals surface area contributed by atoms with Gasteiger partial charge in [0.15, 0.2) is 5.78 Å². The average molecular weight is 547 g/mol. The van der Waals surface area contributed by atoms with Crippen LogP contribution in [-0.2, 0) is 22.4 Å². The number of morpholine rings is 1. The minimum atomic E-state index is 0.0762. The first-order valence-electron chi connectivity index (χ1n) is 14.2. The van der Waals surface area contributed by atoms with Gasteiger partial charge in [-0.15, -0.1) is 21.5 Å². The van der Waals surface area contributed by atoms with Gasteiger partial charge in [0, 0.05) is 44.6 Å². The van der Waals surface area contributed by atoms with Gasteiger partial charge in [-0.25, -0.2) is 0 Å². The van der Waals surface area contributed by atoms with Gasteiger partial charge in [0.25, 0.3) is 0 Å². The van der Waals surface area contributed by atoms with Crippen LogP contribution in [0.2, 0.25) is 0 Å². The van der Waals surface area contributed by atoms with Crippen molar-refractivity contribution in [1.29, 1.82) is 0 Å². The zero-order valence-electron chi connectivity index (χ0n) is 22.5. The molecule has 5 rings (SSSR count). The third kappa shape index (κ3) is 8.27. The highest BCUT2D eigenvalue weighted by molar-refractivity contribution is 7.11. The minimum absolute atomic E-state index is 0.0762. The van der Waals surface area contributed by atoms with Gasteiger partial charge in [0.2, 0.25) is 5.91 Å². The predicted octanol–water partition coefficient (Wildman–Crippen LogP) is 4.67. The molecule has 3 aromatic rings. The van der Waals surface area contributed by atoms with Crippen molar-refractivity contribution in [2.75, 3.05) is 39.4 Å². The number of nitrogens with zero attached hydrogens (tertiary/aromatic N) is 3. The maximum atomic E-state index is 12.9. The van der Waals surface area contributed by atoms with Crippen LogP contribution in [0.15, 0.2) is 54.6 Å². The van der Waals surface area contributed by atoms with Crippen molar-refractivity contribution in [3.8, 4) is 0 Å². The molecule has 1 amide bonds. The highest BCUT2D eigenvalue weighted by atomic mass is 32.1. The number of hydrogen-bond donors (Lipinski definition) is 1. The monoisotopic (exact) mass is 546 g/mol. The van der Waals surface area contributed by atoms with Crippen LogP contribution in [0.4, 0.5) is 0 Å². The number of ketones is 1. The van der Waals surface area contributed by atoms with E-state index in [2.05, 4.69) is 44.7 Å². The smallest absolute Gasteiger partial charge is 0.220 e. The quantitative estimate of drug-likeness (QED) is 0.352. The van der Waals surface area contributed by atoms with Crippen molar-refractivity contribution < 1.29 is 14.3 Å². The molecule has 206 valence electrons. The number of nitrogens with one attached hydrogen (secondary N) is 1. The van der Waals surface area contributed by atoms with Crippen LogP contribution in [0.25, 0.3) is 0 Å². The molecule has 0 unspecified atom stereocenters. The second-order valence-corrected chi connectivity index (χ2v) is 11.8. The van der Waals surface area contributed by atoms with Crippen LogP contribution in [-0.4, -0.2) is 66.2 Å². The lowest BCUT2D eigenvalue weighted by Gasteiger charge is -2.29. The molecule has 1 N–H and O–H groups in total. The lowest BCUT2D eigenvalue weighted by atomic mass is 9.77. The standard InChI is InChI=1S/C31H38N4O3S/c36-28(22-31-34-33-30(39-31)21-23-4-2-1-3-5-23)27-12-10-26(11-13-27)25-8-6-24(7-9-25)20-29(37)32-14-15-35-16-18-38-19-17-35/h1-5,10-13,24-25H,6-9,14-22H2,(H,32,37). The second kappa shape index (κ2) is 13.9. The third-order valence-corrected chi connectivity index (χ3v) is 8.82. The minimum Gasteiger partial charge on any atom is -0.379 e. The van der Waals surface area contributed by atoms with Crippen LogP contribution >= 0.6 is 11.3 Å². The summed E-state index contributed by atoms with van der Waals surface area (Å²) in [5.74, 6) is 1.21. The number of ether oxygens (including phenoxy) is 1. The van der Waals surface area contributed by atoms with E-state index in [0.29, 0.717) is 24.8 Å². The molecule has 1 aliphatic heterocycles. The first kappa shape index (κ1) is 27.6. The van der Waals surface area contributed by atoms with Crippen molar-refractivity contribution in [2.24, 2.45) is 5.92 Å². The summed E-state index contributed by atoms with van der Waals surface area (Å²) >= 11 is 1.51. The van der Waals surface area contributed by atoms with Crippen LogP contribution in [0.5, 0.6) is 0 Å². The number of Topliss-reactive ketones (excluding diaryl/α,β-unsaturated/α-hetero) is 1. The van der Waals surface area contributed by atoms with Crippen molar-refractivity contribution >= 4 is 23.0 Å². The molecular weight excluding hydrogens is 508 g/mol. The van der Waals surface area contributed by atoms with E-state index in [4.69, 9.17) is 4.74 Å². The van der Waals surface area contributed by atoms with Crippen LogP contribution < -0.4 is 5.32 Å². The van der Waals surface area contributed by atoms with E-state index in [1.165, 1.54) is 22.5 Å². The normalized spacial score (nSPS) is 20.0. The topological polar surface area (TPSA) is 84.4 Å². The van der Waals surface area contributed by atoms with Crippen LogP contribution in [0.1, 0.15) is 69.5 Å². The Morgan fingerprint density at radius 1 is 0.923 bits per heavy atom. The van der Waals surface area contributed by atoms with Crippen molar-refractivity contribution in [2.45, 2.75) is 50.9 Å². The van der Waals surface area contributed by atoms with Crippen LogP contribution in [0, 0.1) is 5.92 Å². The summed E-state index contributed by atoms with van der Waals surface area (Å²) in [5.41, 5.74) is 3.21. The number of rotatable bonds is 11. The lowest BCUT2D eigenvalue weighted by Crippen LogP contribution is -2.41. The van der Waals surface area contributed by atoms with Gasteiger partial charge in [-0.05, 0) is 48.6 Å². The van der Waals surface area contributed by atoms with Crippen molar-refractivity contribution in [1.82, 2.24) is 20.4 Å². The van der Waals surface area contributed by atoms with Gasteiger partial charge in [-0.3, -0.25) is 14.5 Å². The molecule has 39 heavy (non-hydrogen) atoms. The van der Waals surface area contributed by atoms with E-state index >= 15 is 0 Å². The molecule has 8 heteroatoms. The van der Waals surface area contributed by atoms with E-state index in [0.717, 1.165) is 80.5 Å². The number of amides is 1. The van der Waals surface area contributed by atoms with E-state index in [-0.39, 0.29) is 18.1 Å². The van der Waals surface area contributed by atoms with Gasteiger partial charge < -0.3 is 10.1 Å². The van der Waals surface area contributed by atoms with Gasteiger partial charge in [-0.1, -0.05) is 54.6 Å². The summed E-state index contributed by atoms with van der Waals surface area (Å²) in [4.78, 5) is 27.6. The number of benzene rings is 2. The zero-order valence-corrected chi connectivity index (χ0v) is 23.3. The van der Waals surface area contributed by atoms with E-state index in [1.54, 1.807) is 0 Å². The summed E-state index contributed by atoms with van der Waals surface area (Å²) in [5, 5.41) is 13.3. The molecule has 2 aromatic carbocycles. The Hall–Kier alpha value is -2.94. The largest absolute Gasteiger partial charge is 0.379 e. The molecule has 2 fully saturated rings. The molecular formula is C31H38N4O3S. The van der Waals surface area contributed by atoms with E-state index in [9.17, 15) is 9.59 Å². The van der Waals surface area contributed by atoms with Gasteiger partial charge in [-0.2, -0.15) is 0 Å². The zero-order chi connectivity index (χ0) is 26.9. The lowest BCUT2D eigenvalue weighted by molar-refractivity contribution is -0.122. The van der Waals surface area contributed by atoms with Gasteiger partial charge in [0.1, 0.15) is 10.0 Å². The Kier molecular flexibility index (Phi) is 9.86. The molecule has 2 aliphatic rings. The Bertz CT molecular complexity index is 1200. The molecule has 0 bridgehead atoms. The van der Waals surface area contributed by atoms with E-state index in [1.807, 2.05) is 30.3 Å². The summed E-state index contributed by atoms with van der Waals surface area (Å²) in [6.45, 7) is 5.10. The highest BCUT2D eigenvalue weighted by Gasteiger charge is 2.24. The predicted molar refractivity (Wildman–Crippen MR) is 153 cm³/mol. The molecule has 1 saturated carbocycles. The first-order chi connectivity index (χ1) is 19.1. The maximum Gasteiger partial charge on any atom is 0.220 e. The average Bonchev–Trinajstić information content (AvgIpc) is 3.41. The molecule has 7 nitrogen and oxygen atoms in total. The van der Waals surface area contributed by atoms with Gasteiger partial charge in [0.05, 0.1) is 19.6 Å². The second-order valence-electron chi connectivity index (χ2n) is 10.7. The Morgan fingerprint density at radius 2 is 1.64 bits per heavy atom. The van der Waals surface area contributed by atoms with E-state index < -0.39 is 0 Å². The first-order valence-corrected chi connectivity index (χ1v) is 15.0. The Morgan fingerprint density at radius 3 is 2.38 bits per heavy atom. The SMILES string of the molecule is O=C(CC1CCC(c2ccc(C(=O)Cc3nnc(Cc4ccccc4)s3)cc2)CC1)NCCN1CCOCC1. The van der Waals surface area contributed by atoms with Crippen molar-refractivity contribution in [3.05, 3.63) is 81.3 Å². The highest BCUT2D eigenvalue weighted by Crippen LogP contribution is 2.37. The maximum absolute atomic E-state index is 12.9. The summed E-state index contributed by atoms with van der Waals surface area (Å²) in [6.07, 6.45) is 5.98. The van der Waals surface area contributed by atoms with Crippen molar-refractivity contribution in [3.63, 3.8) is 0 Å². The fourth-order valence-corrected chi connectivity index (χ4v) is 6.47. The summed E-state index contributed by atoms with van der Waals surface area (Å²) in [6, 6.07) is 18.3. The molecule has 0 atom stereocenters. The molecule has 0 spiro atoms. The molecule has 2 heterocycles. The number of hydrogen-bond acceptors (Lipinski definition) is 7. The molecule has 1 saturated heterocycles. The molecule has 1 aromatic heterocycles. The van der Waals surface area contributed by atoms with Gasteiger partial charge >= 0.3 is 0 Å². The fourth-order valence-electron chi connectivity index (χ4n) is 5.59. The molecule has 0 radical (unpaired) electrons. The number of carbonyl (C=O) groups excluding carboxylic acids is 2. The summed E-state index contributed by atoms with van der Waals surface area (Å²) in [7, 11) is 0. The summed E-state index contributed by atoms with van der Waals surface area (Å²) < 4.78 is 5.37. The number of carbonyl (C=O) groups is 2. The molecule has 1 aliphatic carbocycles. The third-order valence-electron chi connectivity index (χ3n) is 7.90. The fraction of sp³-hybridized carbons (Fsp3) is 0.484. The van der Waals surface area contributed by atoms with Crippen LogP contribution in [0.3, 0.4) is 0 Å². The Labute approximate surface area is 235 Å². The Balaban J connectivity index is 1.03.